The molecule has 0 aliphatic rings. The highest BCUT2D eigenvalue weighted by atomic mass is 16.2. The second-order valence-electron chi connectivity index (χ2n) is 10.1. The van der Waals surface area contributed by atoms with E-state index < -0.39 is 0 Å². The van der Waals surface area contributed by atoms with Crippen molar-refractivity contribution in [3.05, 3.63) is 112 Å². The third-order valence-electron chi connectivity index (χ3n) is 6.35. The Balaban J connectivity index is 1.45. The van der Waals surface area contributed by atoms with Gasteiger partial charge in [-0.3, -0.25) is 9.36 Å². The highest BCUT2D eigenvalue weighted by molar-refractivity contribution is 5.81. The van der Waals surface area contributed by atoms with Crippen LogP contribution in [0.15, 0.2) is 89.9 Å². The smallest absolute Gasteiger partial charge is 0.291 e. The van der Waals surface area contributed by atoms with Crippen LogP contribution in [0.5, 0.6) is 0 Å². The van der Waals surface area contributed by atoms with Crippen molar-refractivity contribution >= 4 is 5.91 Å². The van der Waals surface area contributed by atoms with Crippen LogP contribution in [-0.4, -0.2) is 35.7 Å². The topological polar surface area (TPSA) is 98.5 Å². The number of carbonyl (C=O) groups excluding carboxylic acids is 1. The molecule has 5 aromatic rings. The largest absolute Gasteiger partial charge is 0.335 e. The van der Waals surface area contributed by atoms with Crippen LogP contribution in [0.4, 0.5) is 0 Å². The predicted octanol–water partition coefficient (Wildman–Crippen LogP) is 4.73. The predicted molar refractivity (Wildman–Crippen MR) is 142 cm³/mol. The van der Waals surface area contributed by atoms with E-state index in [1.807, 2.05) is 99.6 Å². The number of hydrogen-bond acceptors (Lipinski definition) is 5. The summed E-state index contributed by atoms with van der Waals surface area (Å²) in [5.41, 5.74) is 4.92. The molecule has 0 fully saturated rings. The number of aromatic amines is 1. The van der Waals surface area contributed by atoms with E-state index in [2.05, 4.69) is 20.6 Å². The lowest BCUT2D eigenvalue weighted by atomic mass is 9.92. The van der Waals surface area contributed by atoms with E-state index in [-0.39, 0.29) is 23.4 Å². The van der Waals surface area contributed by atoms with Crippen molar-refractivity contribution in [3.63, 3.8) is 0 Å². The highest BCUT2D eigenvalue weighted by Gasteiger charge is 2.25. The number of aromatic nitrogens is 6. The molecule has 8 nitrogen and oxygen atoms in total. The van der Waals surface area contributed by atoms with Gasteiger partial charge in [-0.25, -0.2) is 14.5 Å². The minimum Gasteiger partial charge on any atom is -0.291 e. The third-order valence-corrected chi connectivity index (χ3v) is 6.35. The van der Waals surface area contributed by atoms with Gasteiger partial charge in [-0.1, -0.05) is 99.6 Å². The number of hydrogen-bond donors (Lipinski definition) is 1. The molecular formula is C29H28N6O2. The average molecular weight is 493 g/mol. The van der Waals surface area contributed by atoms with Crippen LogP contribution < -0.4 is 5.69 Å². The quantitative estimate of drug-likeness (QED) is 0.370. The number of rotatable bonds is 6. The van der Waals surface area contributed by atoms with Crippen molar-refractivity contribution in [2.75, 3.05) is 0 Å². The lowest BCUT2D eigenvalue weighted by molar-refractivity contribution is 0.0909. The number of imidazole rings is 1. The summed E-state index contributed by atoms with van der Waals surface area (Å²) >= 11 is 0. The minimum atomic E-state index is -0.321. The van der Waals surface area contributed by atoms with E-state index >= 15 is 0 Å². The Kier molecular flexibility index (Phi) is 6.40. The number of benzene rings is 3. The van der Waals surface area contributed by atoms with Gasteiger partial charge in [0.15, 0.2) is 5.82 Å². The fraction of sp³-hybridized carbons (Fsp3) is 0.207. The van der Waals surface area contributed by atoms with Gasteiger partial charge in [-0.2, -0.15) is 0 Å². The van der Waals surface area contributed by atoms with E-state index in [0.29, 0.717) is 12.4 Å². The van der Waals surface area contributed by atoms with E-state index in [0.717, 1.165) is 33.5 Å². The Hall–Kier alpha value is -4.59. The van der Waals surface area contributed by atoms with Crippen molar-refractivity contribution in [1.29, 1.82) is 0 Å². The molecule has 0 unspecified atom stereocenters. The Bertz CT molecular complexity index is 1570. The Morgan fingerprint density at radius 1 is 0.865 bits per heavy atom. The van der Waals surface area contributed by atoms with Crippen LogP contribution in [0.1, 0.15) is 42.4 Å². The number of tetrazole rings is 1. The molecule has 3 aromatic carbocycles. The average Bonchev–Trinajstić information content (AvgIpc) is 3.54. The van der Waals surface area contributed by atoms with Crippen LogP contribution in [-0.2, 0) is 18.4 Å². The Morgan fingerprint density at radius 2 is 1.54 bits per heavy atom. The van der Waals surface area contributed by atoms with Crippen LogP contribution in [0.3, 0.4) is 0 Å². The fourth-order valence-corrected chi connectivity index (χ4v) is 4.45. The van der Waals surface area contributed by atoms with Crippen molar-refractivity contribution < 1.29 is 4.79 Å². The normalized spacial score (nSPS) is 11.5. The molecule has 0 aliphatic carbocycles. The Morgan fingerprint density at radius 3 is 2.19 bits per heavy atom. The van der Waals surface area contributed by atoms with Crippen molar-refractivity contribution in [2.24, 2.45) is 0 Å². The number of carbonyl (C=O) groups is 1. The summed E-state index contributed by atoms with van der Waals surface area (Å²) in [7, 11) is 0. The monoisotopic (exact) mass is 492 g/mol. The molecule has 0 aliphatic heterocycles. The van der Waals surface area contributed by atoms with Crippen molar-refractivity contribution in [2.45, 2.75) is 39.2 Å². The molecule has 186 valence electrons. The molecule has 0 saturated carbocycles. The van der Waals surface area contributed by atoms with Crippen LogP contribution in [0, 0.1) is 0 Å². The minimum absolute atomic E-state index is 0.170. The highest BCUT2D eigenvalue weighted by Crippen LogP contribution is 2.30. The summed E-state index contributed by atoms with van der Waals surface area (Å²) in [6.45, 7) is 6.50. The first-order valence-corrected chi connectivity index (χ1v) is 12.1. The van der Waals surface area contributed by atoms with Gasteiger partial charge in [0.2, 0.25) is 5.91 Å². The first kappa shape index (κ1) is 24.1. The maximum atomic E-state index is 13.4. The fourth-order valence-electron chi connectivity index (χ4n) is 4.45. The van der Waals surface area contributed by atoms with E-state index in [9.17, 15) is 9.59 Å². The first-order valence-electron chi connectivity index (χ1n) is 12.1. The molecule has 2 aromatic heterocycles. The zero-order chi connectivity index (χ0) is 26.0. The van der Waals surface area contributed by atoms with E-state index in [4.69, 9.17) is 0 Å². The molecule has 0 bridgehead atoms. The van der Waals surface area contributed by atoms with Gasteiger partial charge in [0, 0.05) is 22.9 Å². The maximum absolute atomic E-state index is 13.4. The van der Waals surface area contributed by atoms with Gasteiger partial charge >= 0.3 is 5.69 Å². The summed E-state index contributed by atoms with van der Waals surface area (Å²) in [6, 6.07) is 25.4. The Labute approximate surface area is 214 Å². The van der Waals surface area contributed by atoms with Gasteiger partial charge in [-0.15, -0.1) is 5.10 Å². The van der Waals surface area contributed by atoms with Crippen LogP contribution >= 0.6 is 0 Å². The second kappa shape index (κ2) is 9.81. The van der Waals surface area contributed by atoms with Gasteiger partial charge < -0.3 is 0 Å². The lowest BCUT2D eigenvalue weighted by Gasteiger charge is -2.20. The molecule has 1 N–H and O–H groups in total. The molecule has 0 amide bonds. The molecular weight excluding hydrogens is 464 g/mol. The molecule has 37 heavy (non-hydrogen) atoms. The SMILES string of the molecule is CC(C)(C)c1cn(C(=O)Cc2ccccc2)c(=O)n1Cc1ccc(-c2ccccc2-c2nnn[nH]2)cc1. The standard InChI is InChI=1S/C29H28N6O2/c1-29(2,3)25-19-35(26(36)17-20-9-5-4-6-10-20)28(37)34(25)18-21-13-15-22(16-14-21)23-11-7-8-12-24(23)27-30-32-33-31-27/h4-16,19H,17-18H2,1-3H3,(H,30,31,32,33). The first-order chi connectivity index (χ1) is 17.8. The lowest BCUT2D eigenvalue weighted by Crippen LogP contribution is -2.31. The van der Waals surface area contributed by atoms with E-state index in [1.54, 1.807) is 10.8 Å². The third kappa shape index (κ3) is 5.04. The zero-order valence-corrected chi connectivity index (χ0v) is 21.0. The van der Waals surface area contributed by atoms with Crippen molar-refractivity contribution in [1.82, 2.24) is 29.8 Å². The summed E-state index contributed by atoms with van der Waals surface area (Å²) in [5.74, 6) is 0.358. The summed E-state index contributed by atoms with van der Waals surface area (Å²) in [6.07, 6.45) is 1.87. The molecule has 0 saturated heterocycles. The van der Waals surface area contributed by atoms with Crippen LogP contribution in [0.2, 0.25) is 0 Å². The van der Waals surface area contributed by atoms with Crippen LogP contribution in [0.25, 0.3) is 22.5 Å². The van der Waals surface area contributed by atoms with Gasteiger partial charge in [-0.05, 0) is 32.7 Å². The summed E-state index contributed by atoms with van der Waals surface area (Å²) in [5, 5.41) is 14.2. The van der Waals surface area contributed by atoms with E-state index in [1.165, 1.54) is 4.57 Å². The molecule has 5 rings (SSSR count). The molecule has 2 heterocycles. The van der Waals surface area contributed by atoms with Gasteiger partial charge in [0.1, 0.15) is 0 Å². The number of nitrogens with zero attached hydrogens (tertiary/aromatic N) is 5. The van der Waals surface area contributed by atoms with Gasteiger partial charge in [0.05, 0.1) is 13.0 Å². The maximum Gasteiger partial charge on any atom is 0.335 e. The number of nitrogens with one attached hydrogen (secondary N) is 1. The van der Waals surface area contributed by atoms with Gasteiger partial charge in [0.25, 0.3) is 0 Å². The molecule has 0 atom stereocenters. The second-order valence-corrected chi connectivity index (χ2v) is 10.1. The number of H-pyrrole nitrogens is 1. The molecule has 8 heteroatoms. The molecule has 0 radical (unpaired) electrons. The summed E-state index contributed by atoms with van der Waals surface area (Å²) < 4.78 is 2.95. The molecule has 0 spiro atoms. The van der Waals surface area contributed by atoms with Crippen molar-refractivity contribution in [3.8, 4) is 22.5 Å². The zero-order valence-electron chi connectivity index (χ0n) is 21.0. The summed E-state index contributed by atoms with van der Waals surface area (Å²) in [4.78, 5) is 26.5.